The lowest BCUT2D eigenvalue weighted by atomic mass is 10.0. The number of hydrogen-bond donors (Lipinski definition) is 1. The lowest BCUT2D eigenvalue weighted by Gasteiger charge is -2.03. The van der Waals surface area contributed by atoms with Gasteiger partial charge in [0.2, 0.25) is 0 Å². The lowest BCUT2D eigenvalue weighted by Crippen LogP contribution is -1.93. The molecule has 0 unspecified atom stereocenters. The van der Waals surface area contributed by atoms with Gasteiger partial charge in [0.05, 0.1) is 0 Å². The molecule has 138 valence electrons. The van der Waals surface area contributed by atoms with Crippen LogP contribution in [0.5, 0.6) is 0 Å². The van der Waals surface area contributed by atoms with Gasteiger partial charge in [-0.25, -0.2) is 0 Å². The van der Waals surface area contributed by atoms with Crippen molar-refractivity contribution < 1.29 is 14.6 Å². The topological polar surface area (TPSA) is 46.5 Å². The van der Waals surface area contributed by atoms with E-state index in [1.165, 1.54) is 77.0 Å². The van der Waals surface area contributed by atoms with Crippen molar-refractivity contribution in [3.05, 3.63) is 0 Å². The number of halogens is 1. The van der Waals surface area contributed by atoms with Crippen LogP contribution in [0.25, 0.3) is 0 Å². The average molecular weight is 349 g/mol. The van der Waals surface area contributed by atoms with Gasteiger partial charge in [0, 0.05) is 13.0 Å². The highest BCUT2D eigenvalue weighted by Gasteiger charge is 1.97. The fourth-order valence-corrected chi connectivity index (χ4v) is 2.94. The molecule has 0 atom stereocenters. The van der Waals surface area contributed by atoms with E-state index in [4.69, 9.17) is 21.4 Å². The quantitative estimate of drug-likeness (QED) is 0.213. The van der Waals surface area contributed by atoms with Gasteiger partial charge >= 0.3 is 5.97 Å². The molecule has 0 bridgehead atoms. The van der Waals surface area contributed by atoms with E-state index in [9.17, 15) is 4.79 Å². The van der Waals surface area contributed by atoms with Crippen molar-refractivity contribution in [2.75, 3.05) is 12.7 Å². The maximum Gasteiger partial charge on any atom is 0.303 e. The second-order valence-corrected chi connectivity index (χ2v) is 6.68. The summed E-state index contributed by atoms with van der Waals surface area (Å²) in [7, 11) is 0. The van der Waals surface area contributed by atoms with Crippen LogP contribution < -0.4 is 0 Å². The van der Waals surface area contributed by atoms with Gasteiger partial charge in [-0.2, -0.15) is 0 Å². The molecule has 3 nitrogen and oxygen atoms in total. The van der Waals surface area contributed by atoms with Gasteiger partial charge in [-0.3, -0.25) is 4.79 Å². The Morgan fingerprint density at radius 1 is 0.652 bits per heavy atom. The zero-order chi connectivity index (χ0) is 17.0. The molecule has 0 aromatic carbocycles. The van der Waals surface area contributed by atoms with Crippen LogP contribution in [0.15, 0.2) is 0 Å². The first-order valence-corrected chi connectivity index (χ1v) is 10.2. The summed E-state index contributed by atoms with van der Waals surface area (Å²) in [5, 5.41) is 8.54. The molecular weight excluding hydrogens is 312 g/mol. The second-order valence-electron chi connectivity index (χ2n) is 6.46. The summed E-state index contributed by atoms with van der Waals surface area (Å²) in [6.07, 6.45) is 19.4. The van der Waals surface area contributed by atoms with E-state index in [0.29, 0.717) is 12.5 Å². The molecule has 0 spiro atoms. The van der Waals surface area contributed by atoms with E-state index in [2.05, 4.69) is 0 Å². The van der Waals surface area contributed by atoms with Gasteiger partial charge in [-0.15, -0.1) is 0 Å². The molecule has 1 N–H and O–H groups in total. The van der Waals surface area contributed by atoms with Crippen LogP contribution in [0, 0.1) is 0 Å². The van der Waals surface area contributed by atoms with Crippen molar-refractivity contribution in [2.45, 2.75) is 103 Å². The largest absolute Gasteiger partial charge is 0.481 e. The first-order chi connectivity index (χ1) is 11.3. The summed E-state index contributed by atoms with van der Waals surface area (Å²) in [6, 6.07) is 0.324. The Hall–Kier alpha value is -0.280. The number of rotatable bonds is 19. The minimum atomic E-state index is -0.662. The number of unbranched alkanes of at least 4 members (excludes halogenated alkanes) is 14. The van der Waals surface area contributed by atoms with Crippen molar-refractivity contribution in [1.82, 2.24) is 0 Å². The molecule has 0 amide bonds. The highest BCUT2D eigenvalue weighted by Crippen LogP contribution is 2.13. The molecule has 0 radical (unpaired) electrons. The summed E-state index contributed by atoms with van der Waals surface area (Å²) in [5.41, 5.74) is 0. The Bertz CT molecular complexity index is 247. The monoisotopic (exact) mass is 348 g/mol. The van der Waals surface area contributed by atoms with Gasteiger partial charge in [0.1, 0.15) is 6.07 Å². The van der Waals surface area contributed by atoms with E-state index >= 15 is 0 Å². The molecule has 0 heterocycles. The van der Waals surface area contributed by atoms with Crippen molar-refractivity contribution in [3.63, 3.8) is 0 Å². The minimum absolute atomic E-state index is 0.324. The maximum atomic E-state index is 10.4. The van der Waals surface area contributed by atoms with Crippen LogP contribution in [-0.4, -0.2) is 23.7 Å². The summed E-state index contributed by atoms with van der Waals surface area (Å²) in [4.78, 5) is 10.4. The van der Waals surface area contributed by atoms with Crippen molar-refractivity contribution >= 4 is 17.6 Å². The number of aliphatic carboxylic acids is 1. The third kappa shape index (κ3) is 21.7. The Labute approximate surface area is 148 Å². The number of hydrogen-bond acceptors (Lipinski definition) is 2. The number of alkyl halides is 1. The molecule has 4 heteroatoms. The summed E-state index contributed by atoms with van der Waals surface area (Å²) in [5.74, 6) is -0.662. The first-order valence-electron chi connectivity index (χ1n) is 9.63. The Morgan fingerprint density at radius 3 is 1.35 bits per heavy atom. The van der Waals surface area contributed by atoms with Crippen molar-refractivity contribution in [1.29, 1.82) is 0 Å². The van der Waals surface area contributed by atoms with Gasteiger partial charge in [-0.1, -0.05) is 95.1 Å². The molecule has 0 rings (SSSR count). The maximum absolute atomic E-state index is 10.4. The second kappa shape index (κ2) is 19.8. The Kier molecular flexibility index (Phi) is 19.5. The molecule has 0 aromatic heterocycles. The van der Waals surface area contributed by atoms with Gasteiger partial charge in [0.15, 0.2) is 0 Å². The zero-order valence-electron chi connectivity index (χ0n) is 14.9. The molecular formula is C19H37ClO3. The van der Waals surface area contributed by atoms with Gasteiger partial charge < -0.3 is 9.84 Å². The van der Waals surface area contributed by atoms with Gasteiger partial charge in [-0.05, 0) is 12.8 Å². The Morgan fingerprint density at radius 2 is 1.00 bits per heavy atom. The summed E-state index contributed by atoms with van der Waals surface area (Å²) < 4.78 is 5.10. The van der Waals surface area contributed by atoms with Crippen molar-refractivity contribution in [3.8, 4) is 0 Å². The molecule has 0 aliphatic rings. The zero-order valence-corrected chi connectivity index (χ0v) is 15.6. The van der Waals surface area contributed by atoms with E-state index in [1.807, 2.05) is 0 Å². The molecule has 0 saturated carbocycles. The van der Waals surface area contributed by atoms with E-state index < -0.39 is 5.97 Å². The normalized spacial score (nSPS) is 11.0. The van der Waals surface area contributed by atoms with Crippen LogP contribution in [0.1, 0.15) is 103 Å². The lowest BCUT2D eigenvalue weighted by molar-refractivity contribution is -0.137. The highest BCUT2D eigenvalue weighted by atomic mass is 35.5. The van der Waals surface area contributed by atoms with E-state index in [1.54, 1.807) is 0 Å². The van der Waals surface area contributed by atoms with E-state index in [0.717, 1.165) is 25.9 Å². The van der Waals surface area contributed by atoms with Crippen molar-refractivity contribution in [2.24, 2.45) is 0 Å². The SMILES string of the molecule is O=C(O)CCCCCCCCCCCCCCCCCOCCl. The summed E-state index contributed by atoms with van der Waals surface area (Å²) >= 11 is 5.44. The number of carboxylic acids is 1. The van der Waals surface area contributed by atoms with Gasteiger partial charge in [0.25, 0.3) is 0 Å². The third-order valence-electron chi connectivity index (χ3n) is 4.26. The standard InChI is InChI=1S/C19H37ClO3/c20-18-23-17-15-13-11-9-7-5-3-1-2-4-6-8-10-12-14-16-19(21)22/h1-18H2,(H,21,22). The smallest absolute Gasteiger partial charge is 0.303 e. The molecule has 0 aromatic rings. The van der Waals surface area contributed by atoms with Crippen LogP contribution >= 0.6 is 11.6 Å². The molecule has 0 aliphatic carbocycles. The molecule has 0 fully saturated rings. The summed E-state index contributed by atoms with van der Waals surface area (Å²) in [6.45, 7) is 0.809. The predicted molar refractivity (Wildman–Crippen MR) is 98.2 cm³/mol. The molecule has 23 heavy (non-hydrogen) atoms. The highest BCUT2D eigenvalue weighted by molar-refractivity contribution is 6.17. The fourth-order valence-electron chi connectivity index (χ4n) is 2.83. The predicted octanol–water partition coefficient (Wildman–Crippen LogP) is 6.53. The fraction of sp³-hybridized carbons (Fsp3) is 0.947. The Balaban J connectivity index is 2.96. The van der Waals surface area contributed by atoms with Crippen LogP contribution in [-0.2, 0) is 9.53 Å². The minimum Gasteiger partial charge on any atom is -0.481 e. The van der Waals surface area contributed by atoms with Crippen LogP contribution in [0.2, 0.25) is 0 Å². The van der Waals surface area contributed by atoms with Crippen LogP contribution in [0.3, 0.4) is 0 Å². The average Bonchev–Trinajstić information content (AvgIpc) is 2.53. The third-order valence-corrected chi connectivity index (χ3v) is 4.41. The number of ether oxygens (including phenoxy) is 1. The number of carbonyl (C=O) groups is 1. The van der Waals surface area contributed by atoms with Crippen LogP contribution in [0.4, 0.5) is 0 Å². The molecule has 0 aliphatic heterocycles. The molecule has 0 saturated heterocycles. The van der Waals surface area contributed by atoms with E-state index in [-0.39, 0.29) is 0 Å². The number of carboxylic acid groups (broad SMARTS) is 1. The first kappa shape index (κ1) is 22.7.